The van der Waals surface area contributed by atoms with Gasteiger partial charge in [-0.05, 0) is 43.5 Å². The van der Waals surface area contributed by atoms with E-state index in [1.165, 1.54) is 24.3 Å². The van der Waals surface area contributed by atoms with E-state index in [1.54, 1.807) is 0 Å². The summed E-state index contributed by atoms with van der Waals surface area (Å²) < 4.78 is 17.2. The maximum atomic E-state index is 12.2. The van der Waals surface area contributed by atoms with Crippen molar-refractivity contribution in [3.05, 3.63) is 29.8 Å². The van der Waals surface area contributed by atoms with Crippen LogP contribution in [0.25, 0.3) is 0 Å². The number of hydrogen-bond acceptors (Lipinski definition) is 7. The first-order valence-corrected chi connectivity index (χ1v) is 11.1. The van der Waals surface area contributed by atoms with E-state index < -0.39 is 62.0 Å². The van der Waals surface area contributed by atoms with Gasteiger partial charge in [0.05, 0.1) is 12.5 Å². The van der Waals surface area contributed by atoms with E-state index in [2.05, 4.69) is 5.32 Å². The SMILES string of the molecule is O=C(O)CCC(NC(=O)N(O)CC(CCCCNC(=O)c1ccc(OCCF)cc1)C(=O)O)C(=O)O. The molecule has 0 fully saturated rings. The van der Waals surface area contributed by atoms with Gasteiger partial charge in [-0.1, -0.05) is 6.42 Å². The highest BCUT2D eigenvalue weighted by Gasteiger charge is 2.27. The smallest absolute Gasteiger partial charge is 0.341 e. The quantitative estimate of drug-likeness (QED) is 0.0998. The molecule has 0 bridgehead atoms. The molecule has 14 heteroatoms. The van der Waals surface area contributed by atoms with Gasteiger partial charge in [-0.2, -0.15) is 0 Å². The lowest BCUT2D eigenvalue weighted by molar-refractivity contribution is -0.147. The lowest BCUT2D eigenvalue weighted by Crippen LogP contribution is -2.48. The average molecular weight is 515 g/mol. The number of amides is 3. The van der Waals surface area contributed by atoms with E-state index >= 15 is 0 Å². The molecule has 2 atom stereocenters. The van der Waals surface area contributed by atoms with Gasteiger partial charge in [0.2, 0.25) is 0 Å². The van der Waals surface area contributed by atoms with Gasteiger partial charge in [-0.25, -0.2) is 19.0 Å². The van der Waals surface area contributed by atoms with E-state index in [0.29, 0.717) is 24.2 Å². The Balaban J connectivity index is 2.44. The van der Waals surface area contributed by atoms with Crippen molar-refractivity contribution in [2.24, 2.45) is 5.92 Å². The van der Waals surface area contributed by atoms with Gasteiger partial charge in [0.1, 0.15) is 25.1 Å². The highest BCUT2D eigenvalue weighted by Crippen LogP contribution is 2.13. The Hall–Kier alpha value is -3.94. The van der Waals surface area contributed by atoms with Gasteiger partial charge in [0.25, 0.3) is 5.91 Å². The van der Waals surface area contributed by atoms with Crippen molar-refractivity contribution in [2.45, 2.75) is 38.1 Å². The van der Waals surface area contributed by atoms with Gasteiger partial charge in [0, 0.05) is 18.5 Å². The second-order valence-electron chi connectivity index (χ2n) is 7.70. The number of alkyl halides is 1. The van der Waals surface area contributed by atoms with Crippen LogP contribution in [0, 0.1) is 5.92 Å². The number of nitrogens with zero attached hydrogens (tertiary/aromatic N) is 1. The molecule has 0 saturated heterocycles. The maximum absolute atomic E-state index is 12.2. The predicted octanol–water partition coefficient (Wildman–Crippen LogP) is 1.35. The molecule has 0 radical (unpaired) electrons. The van der Waals surface area contributed by atoms with Crippen LogP contribution in [0.5, 0.6) is 5.75 Å². The number of unbranched alkanes of at least 4 members (excludes halogenated alkanes) is 1. The van der Waals surface area contributed by atoms with Gasteiger partial charge in [-0.3, -0.25) is 19.6 Å². The summed E-state index contributed by atoms with van der Waals surface area (Å²) in [7, 11) is 0. The molecule has 3 amide bonds. The number of carbonyl (C=O) groups excluding carboxylic acids is 2. The zero-order valence-corrected chi connectivity index (χ0v) is 19.4. The van der Waals surface area contributed by atoms with Crippen LogP contribution in [0.3, 0.4) is 0 Å². The Morgan fingerprint density at radius 3 is 2.19 bits per heavy atom. The molecular weight excluding hydrogens is 485 g/mol. The molecule has 1 aromatic carbocycles. The molecule has 0 spiro atoms. The van der Waals surface area contributed by atoms with Crippen LogP contribution in [0.15, 0.2) is 24.3 Å². The second-order valence-corrected chi connectivity index (χ2v) is 7.70. The minimum absolute atomic E-state index is 0.0399. The summed E-state index contributed by atoms with van der Waals surface area (Å²) >= 11 is 0. The monoisotopic (exact) mass is 515 g/mol. The largest absolute Gasteiger partial charge is 0.491 e. The van der Waals surface area contributed by atoms with Crippen molar-refractivity contribution in [1.29, 1.82) is 0 Å². The Morgan fingerprint density at radius 1 is 0.972 bits per heavy atom. The van der Waals surface area contributed by atoms with Crippen molar-refractivity contribution >= 4 is 29.8 Å². The van der Waals surface area contributed by atoms with Gasteiger partial charge in [0.15, 0.2) is 0 Å². The molecule has 0 saturated carbocycles. The standard InChI is InChI=1S/C22H30FN3O10/c23-10-12-36-16-6-4-14(5-7-16)19(29)24-11-2-1-3-15(20(30)31)13-26(35)22(34)25-17(21(32)33)8-9-18(27)28/h4-7,15,17,35H,1-3,8-13H2,(H,24,29)(H,25,34)(H,27,28)(H,30,31)(H,32,33). The molecule has 0 aliphatic heterocycles. The first kappa shape index (κ1) is 30.1. The number of benzene rings is 1. The summed E-state index contributed by atoms with van der Waals surface area (Å²) in [6.07, 6.45) is -0.162. The summed E-state index contributed by atoms with van der Waals surface area (Å²) in [4.78, 5) is 57.4. The van der Waals surface area contributed by atoms with Crippen LogP contribution in [-0.4, -0.2) is 87.8 Å². The third-order valence-electron chi connectivity index (χ3n) is 4.95. The highest BCUT2D eigenvalue weighted by atomic mass is 19.1. The van der Waals surface area contributed by atoms with Crippen LogP contribution < -0.4 is 15.4 Å². The number of carboxylic acids is 3. The fourth-order valence-corrected chi connectivity index (χ4v) is 3.01. The van der Waals surface area contributed by atoms with Crippen LogP contribution in [0.1, 0.15) is 42.5 Å². The molecule has 13 nitrogen and oxygen atoms in total. The zero-order valence-electron chi connectivity index (χ0n) is 19.4. The highest BCUT2D eigenvalue weighted by molar-refractivity contribution is 5.94. The first-order valence-electron chi connectivity index (χ1n) is 11.1. The summed E-state index contributed by atoms with van der Waals surface area (Å²) in [5.41, 5.74) is 0.357. The molecule has 0 aromatic heterocycles. The Morgan fingerprint density at radius 2 is 1.64 bits per heavy atom. The molecule has 1 rings (SSSR count). The van der Waals surface area contributed by atoms with E-state index in [4.69, 9.17) is 14.9 Å². The van der Waals surface area contributed by atoms with E-state index in [-0.39, 0.29) is 30.5 Å². The molecule has 36 heavy (non-hydrogen) atoms. The number of aliphatic carboxylic acids is 3. The van der Waals surface area contributed by atoms with Gasteiger partial charge >= 0.3 is 23.9 Å². The minimum atomic E-state index is -1.57. The molecule has 200 valence electrons. The van der Waals surface area contributed by atoms with Crippen LogP contribution >= 0.6 is 0 Å². The molecule has 6 N–H and O–H groups in total. The number of rotatable bonds is 17. The van der Waals surface area contributed by atoms with E-state index in [0.717, 1.165) is 0 Å². The number of hydrogen-bond donors (Lipinski definition) is 6. The lowest BCUT2D eigenvalue weighted by atomic mass is 10.0. The Bertz CT molecular complexity index is 897. The molecule has 0 aliphatic carbocycles. The number of halogens is 1. The molecule has 0 aliphatic rings. The number of carbonyl (C=O) groups is 5. The van der Waals surface area contributed by atoms with Crippen LogP contribution in [0.2, 0.25) is 0 Å². The van der Waals surface area contributed by atoms with Crippen LogP contribution in [-0.2, 0) is 14.4 Å². The fourth-order valence-electron chi connectivity index (χ4n) is 3.01. The van der Waals surface area contributed by atoms with Crippen molar-refractivity contribution < 1.29 is 53.6 Å². The number of hydroxylamine groups is 2. The summed E-state index contributed by atoms with van der Waals surface area (Å²) in [6, 6.07) is 3.25. The van der Waals surface area contributed by atoms with Gasteiger partial charge in [-0.15, -0.1) is 0 Å². The number of urea groups is 1. The van der Waals surface area contributed by atoms with E-state index in [9.17, 15) is 38.7 Å². The van der Waals surface area contributed by atoms with Crippen molar-refractivity contribution in [3.8, 4) is 5.75 Å². The third-order valence-corrected chi connectivity index (χ3v) is 4.95. The Labute approximate surface area is 205 Å². The van der Waals surface area contributed by atoms with Crippen molar-refractivity contribution in [2.75, 3.05) is 26.4 Å². The number of carboxylic acid groups (broad SMARTS) is 3. The molecular formula is C22H30FN3O10. The summed E-state index contributed by atoms with van der Waals surface area (Å²) in [5, 5.41) is 41.6. The normalized spacial score (nSPS) is 12.2. The predicted molar refractivity (Wildman–Crippen MR) is 121 cm³/mol. The number of nitrogens with one attached hydrogen (secondary N) is 2. The van der Waals surface area contributed by atoms with Crippen molar-refractivity contribution in [1.82, 2.24) is 15.7 Å². The topological polar surface area (TPSA) is 203 Å². The first-order chi connectivity index (χ1) is 17.0. The van der Waals surface area contributed by atoms with Gasteiger partial charge < -0.3 is 30.7 Å². The molecule has 1 aromatic rings. The third kappa shape index (κ3) is 11.5. The van der Waals surface area contributed by atoms with E-state index in [1.807, 2.05) is 5.32 Å². The fraction of sp³-hybridized carbons (Fsp3) is 0.500. The van der Waals surface area contributed by atoms with Crippen molar-refractivity contribution in [3.63, 3.8) is 0 Å². The zero-order chi connectivity index (χ0) is 27.1. The molecule has 2 unspecified atom stereocenters. The summed E-state index contributed by atoms with van der Waals surface area (Å²) in [5.74, 6) is -5.17. The number of ether oxygens (including phenoxy) is 1. The Kier molecular flexibility index (Phi) is 13.3. The average Bonchev–Trinajstić information content (AvgIpc) is 2.83. The minimum Gasteiger partial charge on any atom is -0.491 e. The molecule has 0 heterocycles. The lowest BCUT2D eigenvalue weighted by Gasteiger charge is -2.22. The summed E-state index contributed by atoms with van der Waals surface area (Å²) in [6.45, 7) is -1.11. The second kappa shape index (κ2) is 15.9. The van der Waals surface area contributed by atoms with Crippen LogP contribution in [0.4, 0.5) is 9.18 Å². The maximum Gasteiger partial charge on any atom is 0.341 e.